The smallest absolute Gasteiger partial charge is 0.278 e. The minimum Gasteiger partial charge on any atom is -0.395 e. The Labute approximate surface area is 101 Å². The highest BCUT2D eigenvalue weighted by molar-refractivity contribution is 5.72. The lowest BCUT2D eigenvalue weighted by atomic mass is 10.1. The first-order valence-electron chi connectivity index (χ1n) is 5.53. The lowest BCUT2D eigenvalue weighted by molar-refractivity contribution is 0.143. The normalized spacial score (nSPS) is 19.6. The maximum absolute atomic E-state index is 11.5. The van der Waals surface area contributed by atoms with Crippen molar-refractivity contribution in [2.24, 2.45) is 5.41 Å². The van der Waals surface area contributed by atoms with E-state index in [1.165, 1.54) is 12.7 Å². The standard InChI is InChI=1S/C11H12N4O3/c16-3-11(4-17)1-7(11)2-15-6-14-8-9(15)12-5-13-10(8)18/h2,5-6,16-17H,1,3-4H2,(H,12,13,18). The van der Waals surface area contributed by atoms with Crippen molar-refractivity contribution in [2.75, 3.05) is 13.2 Å². The summed E-state index contributed by atoms with van der Waals surface area (Å²) in [6.07, 6.45) is 5.22. The number of hydrogen-bond acceptors (Lipinski definition) is 5. The summed E-state index contributed by atoms with van der Waals surface area (Å²) in [5.74, 6) is 0. The van der Waals surface area contributed by atoms with E-state index in [-0.39, 0.29) is 24.3 Å². The molecule has 18 heavy (non-hydrogen) atoms. The largest absolute Gasteiger partial charge is 0.395 e. The minimum absolute atomic E-state index is 0.0873. The molecule has 3 rings (SSSR count). The molecule has 0 aliphatic heterocycles. The van der Waals surface area contributed by atoms with Gasteiger partial charge in [0.05, 0.1) is 19.5 Å². The van der Waals surface area contributed by atoms with Gasteiger partial charge in [-0.25, -0.2) is 9.97 Å². The fourth-order valence-corrected chi connectivity index (χ4v) is 1.99. The number of nitrogens with zero attached hydrogens (tertiary/aromatic N) is 3. The van der Waals surface area contributed by atoms with Crippen LogP contribution >= 0.6 is 0 Å². The second-order valence-corrected chi connectivity index (χ2v) is 4.48. The second-order valence-electron chi connectivity index (χ2n) is 4.48. The Morgan fingerprint density at radius 1 is 1.44 bits per heavy atom. The van der Waals surface area contributed by atoms with Gasteiger partial charge in [0.2, 0.25) is 0 Å². The van der Waals surface area contributed by atoms with Crippen molar-refractivity contribution in [1.29, 1.82) is 0 Å². The molecule has 2 heterocycles. The average molecular weight is 248 g/mol. The Morgan fingerprint density at radius 2 is 2.22 bits per heavy atom. The van der Waals surface area contributed by atoms with Gasteiger partial charge in [-0.1, -0.05) is 0 Å². The first-order chi connectivity index (χ1) is 8.70. The molecule has 2 aromatic heterocycles. The Balaban J connectivity index is 2.06. The number of hydrogen-bond donors (Lipinski definition) is 3. The summed E-state index contributed by atoms with van der Waals surface area (Å²) >= 11 is 0. The number of nitrogens with one attached hydrogen (secondary N) is 1. The maximum atomic E-state index is 11.5. The van der Waals surface area contributed by atoms with Crippen LogP contribution in [0.25, 0.3) is 17.4 Å². The van der Waals surface area contributed by atoms with Crippen molar-refractivity contribution in [1.82, 2.24) is 19.5 Å². The van der Waals surface area contributed by atoms with Gasteiger partial charge in [-0.2, -0.15) is 0 Å². The van der Waals surface area contributed by atoms with Gasteiger partial charge < -0.3 is 15.2 Å². The van der Waals surface area contributed by atoms with Gasteiger partial charge in [-0.3, -0.25) is 9.36 Å². The van der Waals surface area contributed by atoms with Gasteiger partial charge in [0.1, 0.15) is 6.33 Å². The summed E-state index contributed by atoms with van der Waals surface area (Å²) in [4.78, 5) is 22.0. The summed E-state index contributed by atoms with van der Waals surface area (Å²) in [5, 5.41) is 18.4. The van der Waals surface area contributed by atoms with E-state index in [0.717, 1.165) is 5.57 Å². The maximum Gasteiger partial charge on any atom is 0.278 e. The summed E-state index contributed by atoms with van der Waals surface area (Å²) < 4.78 is 1.63. The van der Waals surface area contributed by atoms with Crippen molar-refractivity contribution < 1.29 is 10.2 Å². The van der Waals surface area contributed by atoms with E-state index in [1.54, 1.807) is 10.8 Å². The van der Waals surface area contributed by atoms with Gasteiger partial charge in [0, 0.05) is 11.6 Å². The topological polar surface area (TPSA) is 104 Å². The zero-order chi connectivity index (χ0) is 12.8. The molecule has 1 fully saturated rings. The molecule has 7 nitrogen and oxygen atoms in total. The van der Waals surface area contributed by atoms with Gasteiger partial charge in [-0.05, 0) is 12.0 Å². The molecule has 1 aliphatic rings. The van der Waals surface area contributed by atoms with Crippen molar-refractivity contribution in [3.8, 4) is 0 Å². The predicted octanol–water partition coefficient (Wildman–Crippen LogP) is -0.665. The minimum atomic E-state index is -0.516. The highest BCUT2D eigenvalue weighted by Crippen LogP contribution is 2.51. The quantitative estimate of drug-likeness (QED) is 0.668. The number of rotatable bonds is 3. The molecule has 1 aliphatic carbocycles. The third-order valence-electron chi connectivity index (χ3n) is 3.35. The Hall–Kier alpha value is -1.99. The van der Waals surface area contributed by atoms with Crippen LogP contribution in [0, 0.1) is 5.41 Å². The Bertz CT molecular complexity index is 681. The molecule has 7 heteroatoms. The van der Waals surface area contributed by atoms with Crippen molar-refractivity contribution >= 4 is 17.4 Å². The van der Waals surface area contributed by atoms with Crippen LogP contribution in [0.2, 0.25) is 0 Å². The van der Waals surface area contributed by atoms with E-state index in [4.69, 9.17) is 0 Å². The first kappa shape index (κ1) is 11.1. The fourth-order valence-electron chi connectivity index (χ4n) is 1.99. The fraction of sp³-hybridized carbons (Fsp3) is 0.364. The van der Waals surface area contributed by atoms with Gasteiger partial charge in [0.15, 0.2) is 11.2 Å². The molecule has 3 N–H and O–H groups in total. The van der Waals surface area contributed by atoms with Crippen molar-refractivity contribution in [3.05, 3.63) is 28.6 Å². The molecule has 0 radical (unpaired) electrons. The summed E-state index contributed by atoms with van der Waals surface area (Å²) in [7, 11) is 0. The molecule has 0 saturated heterocycles. The monoisotopic (exact) mass is 248 g/mol. The van der Waals surface area contributed by atoms with Crippen LogP contribution < -0.4 is 5.56 Å². The number of H-pyrrole nitrogens is 1. The van der Waals surface area contributed by atoms with Crippen LogP contribution in [0.5, 0.6) is 0 Å². The highest BCUT2D eigenvalue weighted by atomic mass is 16.3. The third kappa shape index (κ3) is 1.48. The van der Waals surface area contributed by atoms with Crippen LogP contribution in [0.3, 0.4) is 0 Å². The van der Waals surface area contributed by atoms with Crippen LogP contribution in [-0.2, 0) is 0 Å². The van der Waals surface area contributed by atoms with Crippen LogP contribution in [0.4, 0.5) is 0 Å². The van der Waals surface area contributed by atoms with Gasteiger partial charge >= 0.3 is 0 Å². The molecular formula is C11H12N4O3. The molecule has 2 aromatic rings. The molecule has 0 unspecified atom stereocenters. The first-order valence-corrected chi connectivity index (χ1v) is 5.53. The van der Waals surface area contributed by atoms with E-state index in [0.29, 0.717) is 12.1 Å². The summed E-state index contributed by atoms with van der Waals surface area (Å²) in [5.41, 5.74) is 0.853. The van der Waals surface area contributed by atoms with E-state index in [9.17, 15) is 15.0 Å². The lowest BCUT2D eigenvalue weighted by Gasteiger charge is -2.04. The zero-order valence-electron chi connectivity index (χ0n) is 9.50. The molecule has 0 aromatic carbocycles. The summed E-state index contributed by atoms with van der Waals surface area (Å²) in [6, 6.07) is 0. The molecule has 0 bridgehead atoms. The predicted molar refractivity (Wildman–Crippen MR) is 63.6 cm³/mol. The molecule has 1 saturated carbocycles. The highest BCUT2D eigenvalue weighted by Gasteiger charge is 2.48. The molecule has 94 valence electrons. The molecular weight excluding hydrogens is 236 g/mol. The lowest BCUT2D eigenvalue weighted by Crippen LogP contribution is -2.12. The van der Waals surface area contributed by atoms with E-state index < -0.39 is 5.41 Å². The number of fused-ring (bicyclic) bond motifs is 1. The molecule has 0 amide bonds. The number of aliphatic hydroxyl groups is 2. The number of aromatic nitrogens is 4. The van der Waals surface area contributed by atoms with Crippen LogP contribution in [0.15, 0.2) is 23.0 Å². The number of aliphatic hydroxyl groups excluding tert-OH is 2. The Kier molecular flexibility index (Phi) is 2.32. The van der Waals surface area contributed by atoms with Gasteiger partial charge in [0.25, 0.3) is 5.56 Å². The van der Waals surface area contributed by atoms with E-state index >= 15 is 0 Å². The van der Waals surface area contributed by atoms with E-state index in [2.05, 4.69) is 15.0 Å². The molecule has 0 atom stereocenters. The third-order valence-corrected chi connectivity index (χ3v) is 3.35. The number of imidazole rings is 1. The average Bonchev–Trinajstić information content (AvgIpc) is 2.93. The zero-order valence-corrected chi connectivity index (χ0v) is 9.50. The van der Waals surface area contributed by atoms with E-state index in [1.807, 2.05) is 0 Å². The van der Waals surface area contributed by atoms with Crippen LogP contribution in [0.1, 0.15) is 6.42 Å². The number of aromatic amines is 1. The second kappa shape index (κ2) is 3.76. The van der Waals surface area contributed by atoms with Crippen molar-refractivity contribution in [2.45, 2.75) is 6.42 Å². The van der Waals surface area contributed by atoms with Crippen molar-refractivity contribution in [3.63, 3.8) is 0 Å². The summed E-state index contributed by atoms with van der Waals surface area (Å²) in [6.45, 7) is -0.175. The van der Waals surface area contributed by atoms with Crippen LogP contribution in [-0.4, -0.2) is 42.9 Å². The van der Waals surface area contributed by atoms with Gasteiger partial charge in [-0.15, -0.1) is 0 Å². The Morgan fingerprint density at radius 3 is 2.89 bits per heavy atom. The molecule has 0 spiro atoms. The SMILES string of the molecule is O=c1[nH]cnc2c1ncn2C=C1CC1(CO)CO.